The van der Waals surface area contributed by atoms with E-state index in [2.05, 4.69) is 5.32 Å². The average Bonchev–Trinajstić information content (AvgIpc) is 2.41. The molecule has 20 heavy (non-hydrogen) atoms. The zero-order valence-corrected chi connectivity index (χ0v) is 11.8. The fourth-order valence-corrected chi connectivity index (χ4v) is 2.28. The molecule has 2 aromatic rings. The fourth-order valence-electron chi connectivity index (χ4n) is 2.28. The molecule has 0 radical (unpaired) electrons. The number of carbonyl (C=O) groups is 1. The van der Waals surface area contributed by atoms with Crippen molar-refractivity contribution in [3.8, 4) is 5.75 Å². The van der Waals surface area contributed by atoms with Crippen molar-refractivity contribution in [3.63, 3.8) is 0 Å². The maximum Gasteiger partial charge on any atom is 0.225 e. The van der Waals surface area contributed by atoms with Crippen molar-refractivity contribution in [1.29, 1.82) is 0 Å². The first kappa shape index (κ1) is 14.1. The first-order chi connectivity index (χ1) is 9.58. The summed E-state index contributed by atoms with van der Waals surface area (Å²) in [4.78, 5) is 12.0. The van der Waals surface area contributed by atoms with E-state index in [9.17, 15) is 9.90 Å². The van der Waals surface area contributed by atoms with Crippen LogP contribution in [0.3, 0.4) is 0 Å². The van der Waals surface area contributed by atoms with Gasteiger partial charge in [0.15, 0.2) is 0 Å². The summed E-state index contributed by atoms with van der Waals surface area (Å²) in [5.74, 6) is 0.0634. The van der Waals surface area contributed by atoms with E-state index in [1.165, 1.54) is 0 Å². The third kappa shape index (κ3) is 3.38. The smallest absolute Gasteiger partial charge is 0.225 e. The fraction of sp³-hybridized carbons (Fsp3) is 0.235. The number of aromatic hydroxyl groups is 1. The van der Waals surface area contributed by atoms with Gasteiger partial charge in [-0.15, -0.1) is 0 Å². The highest BCUT2D eigenvalue weighted by Crippen LogP contribution is 2.19. The molecule has 0 fully saturated rings. The number of phenols is 1. The van der Waals surface area contributed by atoms with Crippen molar-refractivity contribution in [3.05, 3.63) is 65.2 Å². The van der Waals surface area contributed by atoms with Crippen LogP contribution in [-0.4, -0.2) is 11.0 Å². The zero-order chi connectivity index (χ0) is 14.5. The molecule has 1 unspecified atom stereocenters. The van der Waals surface area contributed by atoms with Gasteiger partial charge in [0.1, 0.15) is 5.75 Å². The lowest BCUT2D eigenvalue weighted by Crippen LogP contribution is -2.28. The summed E-state index contributed by atoms with van der Waals surface area (Å²) in [7, 11) is 0. The molecule has 2 rings (SSSR count). The van der Waals surface area contributed by atoms with Crippen LogP contribution < -0.4 is 5.32 Å². The molecule has 0 spiro atoms. The van der Waals surface area contributed by atoms with Gasteiger partial charge in [-0.25, -0.2) is 0 Å². The molecular formula is C17H19NO2. The molecule has 3 nitrogen and oxygen atoms in total. The van der Waals surface area contributed by atoms with Gasteiger partial charge in [-0.2, -0.15) is 0 Å². The zero-order valence-electron chi connectivity index (χ0n) is 11.8. The standard InChI is InChI=1S/C17H19NO2/c1-12-7-3-5-9-15(12)13(2)18-17(20)11-14-8-4-6-10-16(14)19/h3-10,13,19H,11H2,1-2H3,(H,18,20). The molecule has 0 saturated heterocycles. The van der Waals surface area contributed by atoms with Crippen molar-refractivity contribution in [2.24, 2.45) is 0 Å². The Morgan fingerprint density at radius 3 is 2.50 bits per heavy atom. The van der Waals surface area contributed by atoms with E-state index >= 15 is 0 Å². The van der Waals surface area contributed by atoms with Gasteiger partial charge >= 0.3 is 0 Å². The number of rotatable bonds is 4. The molecule has 2 N–H and O–H groups in total. The topological polar surface area (TPSA) is 49.3 Å². The Hall–Kier alpha value is -2.29. The van der Waals surface area contributed by atoms with E-state index < -0.39 is 0 Å². The third-order valence-electron chi connectivity index (χ3n) is 3.38. The molecule has 0 heterocycles. The highest BCUT2D eigenvalue weighted by atomic mass is 16.3. The van der Waals surface area contributed by atoms with E-state index in [4.69, 9.17) is 0 Å². The van der Waals surface area contributed by atoms with Crippen LogP contribution in [0.15, 0.2) is 48.5 Å². The van der Waals surface area contributed by atoms with Crippen LogP contribution in [0.4, 0.5) is 0 Å². The van der Waals surface area contributed by atoms with Gasteiger partial charge in [-0.1, -0.05) is 42.5 Å². The van der Waals surface area contributed by atoms with Crippen LogP contribution in [-0.2, 0) is 11.2 Å². The van der Waals surface area contributed by atoms with Crippen molar-refractivity contribution in [2.75, 3.05) is 0 Å². The van der Waals surface area contributed by atoms with Crippen LogP contribution in [0.25, 0.3) is 0 Å². The maximum absolute atomic E-state index is 12.0. The number of para-hydroxylation sites is 1. The highest BCUT2D eigenvalue weighted by Gasteiger charge is 2.12. The van der Waals surface area contributed by atoms with Crippen LogP contribution >= 0.6 is 0 Å². The first-order valence-corrected chi connectivity index (χ1v) is 6.69. The number of phenolic OH excluding ortho intramolecular Hbond substituents is 1. The number of hydrogen-bond donors (Lipinski definition) is 2. The number of aryl methyl sites for hydroxylation is 1. The second kappa shape index (κ2) is 6.24. The van der Waals surface area contributed by atoms with E-state index in [0.717, 1.165) is 11.1 Å². The average molecular weight is 269 g/mol. The van der Waals surface area contributed by atoms with Crippen molar-refractivity contribution < 1.29 is 9.90 Å². The van der Waals surface area contributed by atoms with Gasteiger partial charge in [-0.3, -0.25) is 4.79 Å². The van der Waals surface area contributed by atoms with E-state index in [1.54, 1.807) is 18.2 Å². The SMILES string of the molecule is Cc1ccccc1C(C)NC(=O)Cc1ccccc1O. The van der Waals surface area contributed by atoms with Crippen molar-refractivity contribution >= 4 is 5.91 Å². The van der Waals surface area contributed by atoms with E-state index in [-0.39, 0.29) is 24.1 Å². The van der Waals surface area contributed by atoms with Crippen LogP contribution in [0.1, 0.15) is 29.7 Å². The third-order valence-corrected chi connectivity index (χ3v) is 3.38. The Balaban J connectivity index is 2.02. The predicted octanol–water partition coefficient (Wildman–Crippen LogP) is 3.12. The molecule has 104 valence electrons. The minimum atomic E-state index is -0.0951. The summed E-state index contributed by atoms with van der Waals surface area (Å²) in [5.41, 5.74) is 2.91. The number of amides is 1. The minimum Gasteiger partial charge on any atom is -0.508 e. The highest BCUT2D eigenvalue weighted by molar-refractivity contribution is 5.79. The molecule has 0 aliphatic rings. The summed E-state index contributed by atoms with van der Waals surface area (Å²) >= 11 is 0. The molecule has 0 saturated carbocycles. The molecule has 0 aliphatic carbocycles. The number of hydrogen-bond acceptors (Lipinski definition) is 2. The summed E-state index contributed by atoms with van der Waals surface area (Å²) in [6, 6.07) is 14.8. The monoisotopic (exact) mass is 269 g/mol. The Kier molecular flexibility index (Phi) is 4.41. The van der Waals surface area contributed by atoms with Gasteiger partial charge in [0.25, 0.3) is 0 Å². The predicted molar refractivity (Wildman–Crippen MR) is 79.5 cm³/mol. The normalized spacial score (nSPS) is 11.9. The summed E-state index contributed by atoms with van der Waals surface area (Å²) in [6.45, 7) is 3.99. The second-order valence-corrected chi connectivity index (χ2v) is 4.95. The van der Waals surface area contributed by atoms with Gasteiger partial charge in [0, 0.05) is 5.56 Å². The van der Waals surface area contributed by atoms with E-state index in [1.807, 2.05) is 44.2 Å². The Morgan fingerprint density at radius 1 is 1.15 bits per heavy atom. The molecule has 2 aromatic carbocycles. The van der Waals surface area contributed by atoms with Crippen molar-refractivity contribution in [1.82, 2.24) is 5.32 Å². The summed E-state index contributed by atoms with van der Waals surface area (Å²) < 4.78 is 0. The number of benzene rings is 2. The van der Waals surface area contributed by atoms with Crippen LogP contribution in [0.2, 0.25) is 0 Å². The summed E-state index contributed by atoms with van der Waals surface area (Å²) in [6.07, 6.45) is 0.183. The minimum absolute atomic E-state index is 0.0467. The van der Waals surface area contributed by atoms with Crippen LogP contribution in [0.5, 0.6) is 5.75 Å². The molecule has 3 heteroatoms. The quantitative estimate of drug-likeness (QED) is 0.896. The Bertz CT molecular complexity index is 607. The lowest BCUT2D eigenvalue weighted by Gasteiger charge is -2.16. The Morgan fingerprint density at radius 2 is 1.80 bits per heavy atom. The number of carbonyl (C=O) groups excluding carboxylic acids is 1. The lowest BCUT2D eigenvalue weighted by molar-refractivity contribution is -0.121. The lowest BCUT2D eigenvalue weighted by atomic mass is 10.0. The molecule has 0 aliphatic heterocycles. The second-order valence-electron chi connectivity index (χ2n) is 4.95. The van der Waals surface area contributed by atoms with Gasteiger partial charge in [-0.05, 0) is 31.0 Å². The van der Waals surface area contributed by atoms with Crippen molar-refractivity contribution in [2.45, 2.75) is 26.3 Å². The molecule has 0 aromatic heterocycles. The molecule has 0 bridgehead atoms. The first-order valence-electron chi connectivity index (χ1n) is 6.69. The largest absolute Gasteiger partial charge is 0.508 e. The molecular weight excluding hydrogens is 250 g/mol. The van der Waals surface area contributed by atoms with Gasteiger partial charge in [0.2, 0.25) is 5.91 Å². The number of nitrogens with one attached hydrogen (secondary N) is 1. The molecule has 1 amide bonds. The van der Waals surface area contributed by atoms with Gasteiger partial charge in [0.05, 0.1) is 12.5 Å². The van der Waals surface area contributed by atoms with Crippen LogP contribution in [0, 0.1) is 6.92 Å². The van der Waals surface area contributed by atoms with E-state index in [0.29, 0.717) is 5.56 Å². The maximum atomic E-state index is 12.0. The Labute approximate surface area is 119 Å². The molecule has 1 atom stereocenters. The van der Waals surface area contributed by atoms with Gasteiger partial charge < -0.3 is 10.4 Å². The summed E-state index contributed by atoms with van der Waals surface area (Å²) in [5, 5.41) is 12.6.